The zero-order valence-electron chi connectivity index (χ0n) is 11.6. The van der Waals surface area contributed by atoms with Crippen LogP contribution in [0.4, 0.5) is 11.8 Å². The molecular formula is C13H17N5O2. The van der Waals surface area contributed by atoms with Gasteiger partial charge >= 0.3 is 0 Å². The van der Waals surface area contributed by atoms with E-state index in [1.54, 1.807) is 19.4 Å². The summed E-state index contributed by atoms with van der Waals surface area (Å²) in [5, 5.41) is 0. The Kier molecular flexibility index (Phi) is 3.88. The Morgan fingerprint density at radius 1 is 1.10 bits per heavy atom. The van der Waals surface area contributed by atoms with E-state index in [-0.39, 0.29) is 17.7 Å². The first-order valence-electron chi connectivity index (χ1n) is 6.11. The average molecular weight is 275 g/mol. The molecule has 0 aliphatic carbocycles. The number of nitrogens with two attached hydrogens (primary N) is 2. The summed E-state index contributed by atoms with van der Waals surface area (Å²) in [6.07, 6.45) is 3.15. The molecule has 2 aromatic heterocycles. The Bertz CT molecular complexity index is 616. The molecule has 0 aromatic carbocycles. The minimum absolute atomic E-state index is 0.103. The molecule has 2 heterocycles. The number of nitrogen functional groups attached to an aromatic ring is 2. The maximum absolute atomic E-state index is 5.77. The van der Waals surface area contributed by atoms with E-state index >= 15 is 0 Å². The van der Waals surface area contributed by atoms with Gasteiger partial charge in [0.15, 0.2) is 11.6 Å². The second kappa shape index (κ2) is 5.60. The summed E-state index contributed by atoms with van der Waals surface area (Å²) in [5.41, 5.74) is 12.2. The van der Waals surface area contributed by atoms with E-state index in [0.29, 0.717) is 17.4 Å². The van der Waals surface area contributed by atoms with Gasteiger partial charge in [-0.25, -0.2) is 9.97 Å². The SMILES string of the molecule is COc1cc(Oc2cnc(N)nc2N)c(C(C)C)cn1. The molecule has 0 amide bonds. The Labute approximate surface area is 117 Å². The van der Waals surface area contributed by atoms with E-state index in [0.717, 1.165) is 5.56 Å². The van der Waals surface area contributed by atoms with Crippen molar-refractivity contribution < 1.29 is 9.47 Å². The van der Waals surface area contributed by atoms with Crippen molar-refractivity contribution in [3.05, 3.63) is 24.0 Å². The van der Waals surface area contributed by atoms with Crippen LogP contribution in [0.3, 0.4) is 0 Å². The Balaban J connectivity index is 2.40. The van der Waals surface area contributed by atoms with E-state index in [9.17, 15) is 0 Å². The molecule has 0 radical (unpaired) electrons. The average Bonchev–Trinajstić information content (AvgIpc) is 2.41. The highest BCUT2D eigenvalue weighted by molar-refractivity contribution is 5.50. The van der Waals surface area contributed by atoms with Crippen LogP contribution in [0.25, 0.3) is 0 Å². The largest absolute Gasteiger partial charge is 0.481 e. The molecule has 7 nitrogen and oxygen atoms in total. The molecule has 0 unspecified atom stereocenters. The van der Waals surface area contributed by atoms with Gasteiger partial charge in [0.2, 0.25) is 11.8 Å². The lowest BCUT2D eigenvalue weighted by Gasteiger charge is -2.14. The summed E-state index contributed by atoms with van der Waals surface area (Å²) < 4.78 is 10.9. The first kappa shape index (κ1) is 13.9. The summed E-state index contributed by atoms with van der Waals surface area (Å²) in [4.78, 5) is 11.9. The van der Waals surface area contributed by atoms with Gasteiger partial charge in [-0.3, -0.25) is 0 Å². The molecule has 106 valence electrons. The van der Waals surface area contributed by atoms with E-state index < -0.39 is 0 Å². The molecule has 7 heteroatoms. The molecule has 0 spiro atoms. The maximum atomic E-state index is 5.77. The fraction of sp³-hybridized carbons (Fsp3) is 0.308. The minimum Gasteiger partial charge on any atom is -0.481 e. The molecule has 0 atom stereocenters. The van der Waals surface area contributed by atoms with Crippen molar-refractivity contribution in [2.24, 2.45) is 0 Å². The summed E-state index contributed by atoms with van der Waals surface area (Å²) in [6, 6.07) is 1.70. The molecule has 4 N–H and O–H groups in total. The standard InChI is InChI=1S/C13H17N5O2/c1-7(2)8-5-16-11(19-3)4-9(8)20-10-6-17-13(15)18-12(10)14/h4-7H,1-3H3,(H4,14,15,17,18). The molecule has 2 rings (SSSR count). The Hall–Kier alpha value is -2.57. The van der Waals surface area contributed by atoms with E-state index in [1.807, 2.05) is 13.8 Å². The number of anilines is 2. The van der Waals surface area contributed by atoms with Gasteiger partial charge in [-0.1, -0.05) is 13.8 Å². The third-order valence-corrected chi connectivity index (χ3v) is 2.72. The highest BCUT2D eigenvalue weighted by Crippen LogP contribution is 2.33. The quantitative estimate of drug-likeness (QED) is 0.877. The second-order valence-corrected chi connectivity index (χ2v) is 4.50. The van der Waals surface area contributed by atoms with Crippen LogP contribution >= 0.6 is 0 Å². The molecule has 0 saturated heterocycles. The number of pyridine rings is 1. The van der Waals surface area contributed by atoms with Gasteiger partial charge in [-0.2, -0.15) is 4.98 Å². The number of ether oxygens (including phenoxy) is 2. The molecule has 0 saturated carbocycles. The van der Waals surface area contributed by atoms with Crippen LogP contribution in [-0.4, -0.2) is 22.1 Å². The first-order chi connectivity index (χ1) is 9.51. The van der Waals surface area contributed by atoms with Gasteiger partial charge in [0.1, 0.15) is 5.75 Å². The molecule has 20 heavy (non-hydrogen) atoms. The van der Waals surface area contributed by atoms with Crippen molar-refractivity contribution in [1.29, 1.82) is 0 Å². The van der Waals surface area contributed by atoms with Crippen LogP contribution in [0.1, 0.15) is 25.3 Å². The van der Waals surface area contributed by atoms with Crippen molar-refractivity contribution in [3.8, 4) is 17.4 Å². The van der Waals surface area contributed by atoms with Crippen LogP contribution in [0.15, 0.2) is 18.5 Å². The maximum Gasteiger partial charge on any atom is 0.222 e. The molecule has 0 bridgehead atoms. The van der Waals surface area contributed by atoms with Gasteiger partial charge in [0, 0.05) is 17.8 Å². The van der Waals surface area contributed by atoms with Gasteiger partial charge in [0.05, 0.1) is 13.3 Å². The number of hydrogen-bond donors (Lipinski definition) is 2. The predicted molar refractivity (Wildman–Crippen MR) is 75.8 cm³/mol. The van der Waals surface area contributed by atoms with Crippen LogP contribution in [-0.2, 0) is 0 Å². The van der Waals surface area contributed by atoms with E-state index in [4.69, 9.17) is 20.9 Å². The fourth-order valence-corrected chi connectivity index (χ4v) is 1.66. The van der Waals surface area contributed by atoms with E-state index in [2.05, 4.69) is 15.0 Å². The second-order valence-electron chi connectivity index (χ2n) is 4.50. The summed E-state index contributed by atoms with van der Waals surface area (Å²) in [6.45, 7) is 4.08. The normalized spacial score (nSPS) is 10.6. The summed E-state index contributed by atoms with van der Waals surface area (Å²) >= 11 is 0. The van der Waals surface area contributed by atoms with Gasteiger partial charge in [-0.15, -0.1) is 0 Å². The van der Waals surface area contributed by atoms with Crippen molar-refractivity contribution in [3.63, 3.8) is 0 Å². The Morgan fingerprint density at radius 3 is 2.45 bits per heavy atom. The van der Waals surface area contributed by atoms with Crippen molar-refractivity contribution in [2.45, 2.75) is 19.8 Å². The number of nitrogens with zero attached hydrogens (tertiary/aromatic N) is 3. The lowest BCUT2D eigenvalue weighted by Crippen LogP contribution is -2.03. The van der Waals surface area contributed by atoms with Crippen LogP contribution in [0.2, 0.25) is 0 Å². The molecule has 0 aliphatic rings. The number of rotatable bonds is 4. The fourth-order valence-electron chi connectivity index (χ4n) is 1.66. The van der Waals surface area contributed by atoms with Gasteiger partial charge in [0.25, 0.3) is 0 Å². The highest BCUT2D eigenvalue weighted by Gasteiger charge is 2.13. The predicted octanol–water partition coefficient (Wildman–Crippen LogP) is 1.96. The molecule has 0 fully saturated rings. The van der Waals surface area contributed by atoms with Gasteiger partial charge < -0.3 is 20.9 Å². The van der Waals surface area contributed by atoms with Crippen molar-refractivity contribution in [2.75, 3.05) is 18.6 Å². The molecular weight excluding hydrogens is 258 g/mol. The smallest absolute Gasteiger partial charge is 0.222 e. The van der Waals surface area contributed by atoms with E-state index in [1.165, 1.54) is 6.20 Å². The summed E-state index contributed by atoms with van der Waals surface area (Å²) in [7, 11) is 1.54. The highest BCUT2D eigenvalue weighted by atomic mass is 16.5. The zero-order valence-corrected chi connectivity index (χ0v) is 11.6. The van der Waals surface area contributed by atoms with Crippen molar-refractivity contribution in [1.82, 2.24) is 15.0 Å². The lowest BCUT2D eigenvalue weighted by molar-refractivity contribution is 0.390. The third kappa shape index (κ3) is 2.87. The van der Waals surface area contributed by atoms with Gasteiger partial charge in [-0.05, 0) is 5.92 Å². The van der Waals surface area contributed by atoms with Crippen LogP contribution in [0.5, 0.6) is 17.4 Å². The van der Waals surface area contributed by atoms with Crippen LogP contribution < -0.4 is 20.9 Å². The minimum atomic E-state index is 0.103. The monoisotopic (exact) mass is 275 g/mol. The lowest BCUT2D eigenvalue weighted by atomic mass is 10.0. The molecule has 0 aliphatic heterocycles. The number of methoxy groups -OCH3 is 1. The number of hydrogen-bond acceptors (Lipinski definition) is 7. The number of aromatic nitrogens is 3. The summed E-state index contributed by atoms with van der Waals surface area (Å²) in [5.74, 6) is 1.93. The Morgan fingerprint density at radius 2 is 1.85 bits per heavy atom. The van der Waals surface area contributed by atoms with Crippen molar-refractivity contribution >= 4 is 11.8 Å². The first-order valence-corrected chi connectivity index (χ1v) is 6.11. The van der Waals surface area contributed by atoms with Crippen LogP contribution in [0, 0.1) is 0 Å². The molecule has 2 aromatic rings. The third-order valence-electron chi connectivity index (χ3n) is 2.72. The topological polar surface area (TPSA) is 109 Å². The zero-order chi connectivity index (χ0) is 14.7.